The molecule has 0 saturated carbocycles. The second kappa shape index (κ2) is 6.39. The molecule has 1 aromatic rings. The minimum Gasteiger partial charge on any atom is -0.465 e. The van der Waals surface area contributed by atoms with E-state index in [1.165, 1.54) is 10.9 Å². The average molecular weight is 304 g/mol. The largest absolute Gasteiger partial charge is 0.465 e. The molecule has 0 bridgehead atoms. The lowest BCUT2D eigenvalue weighted by Gasteiger charge is -2.08. The third-order valence-corrected chi connectivity index (χ3v) is 2.78. The van der Waals surface area contributed by atoms with Crippen LogP contribution < -0.4 is 10.9 Å². The van der Waals surface area contributed by atoms with Crippen molar-refractivity contribution in [3.63, 3.8) is 0 Å². The predicted molar refractivity (Wildman–Crippen MR) is 67.0 cm³/mol. The van der Waals surface area contributed by atoms with Gasteiger partial charge in [-0.05, 0) is 29.8 Å². The highest BCUT2D eigenvalue weighted by atomic mass is 79.9. The maximum Gasteiger partial charge on any atom is 0.325 e. The van der Waals surface area contributed by atoms with Crippen LogP contribution in [0.3, 0.4) is 0 Å². The fourth-order valence-electron chi connectivity index (χ4n) is 1.19. The van der Waals surface area contributed by atoms with Crippen molar-refractivity contribution in [2.45, 2.75) is 20.4 Å². The molecule has 0 aromatic carbocycles. The van der Waals surface area contributed by atoms with E-state index in [-0.39, 0.29) is 18.1 Å². The van der Waals surface area contributed by atoms with Crippen LogP contribution in [0, 0.1) is 0 Å². The van der Waals surface area contributed by atoms with Crippen molar-refractivity contribution in [3.05, 3.63) is 21.0 Å². The number of esters is 1. The Bertz CT molecular complexity index is 459. The minimum absolute atomic E-state index is 0.00367. The van der Waals surface area contributed by atoms with Crippen LogP contribution in [0.15, 0.2) is 15.5 Å². The third kappa shape index (κ3) is 3.55. The fraction of sp³-hybridized carbons (Fsp3) is 0.500. The number of aryl methyl sites for hydroxylation is 1. The van der Waals surface area contributed by atoms with Crippen LogP contribution in [-0.2, 0) is 16.1 Å². The predicted octanol–water partition coefficient (Wildman–Crippen LogP) is 1.00. The molecule has 0 amide bonds. The molecule has 0 aliphatic rings. The van der Waals surface area contributed by atoms with Crippen LogP contribution in [0.25, 0.3) is 0 Å². The monoisotopic (exact) mass is 303 g/mol. The standard InChI is InChI=1S/C10H14BrN3O3/c1-3-14-10(16)9(11)7(5-13-14)12-6-8(15)17-4-2/h5,12H,3-4,6H2,1-2H3. The number of nitrogens with zero attached hydrogens (tertiary/aromatic N) is 2. The number of anilines is 1. The normalized spacial score (nSPS) is 10.1. The summed E-state index contributed by atoms with van der Waals surface area (Å²) < 4.78 is 6.44. The molecule has 0 spiro atoms. The van der Waals surface area contributed by atoms with E-state index in [1.54, 1.807) is 6.92 Å². The number of hydrogen-bond acceptors (Lipinski definition) is 5. The first-order chi connectivity index (χ1) is 8.10. The Balaban J connectivity index is 2.76. The Hall–Kier alpha value is -1.37. The van der Waals surface area contributed by atoms with Crippen molar-refractivity contribution < 1.29 is 9.53 Å². The zero-order valence-electron chi connectivity index (χ0n) is 9.70. The van der Waals surface area contributed by atoms with Crippen LogP contribution in [0.2, 0.25) is 0 Å². The summed E-state index contributed by atoms with van der Waals surface area (Å²) in [6.45, 7) is 4.39. The summed E-state index contributed by atoms with van der Waals surface area (Å²) >= 11 is 3.17. The van der Waals surface area contributed by atoms with Crippen molar-refractivity contribution in [1.29, 1.82) is 0 Å². The summed E-state index contributed by atoms with van der Waals surface area (Å²) in [5.74, 6) is -0.376. The second-order valence-electron chi connectivity index (χ2n) is 3.15. The van der Waals surface area contributed by atoms with E-state index in [1.807, 2.05) is 6.92 Å². The molecule has 0 fully saturated rings. The number of carbonyl (C=O) groups excluding carboxylic acids is 1. The molecular formula is C10H14BrN3O3. The van der Waals surface area contributed by atoms with Crippen LogP contribution in [-0.4, -0.2) is 28.9 Å². The van der Waals surface area contributed by atoms with E-state index in [0.29, 0.717) is 23.3 Å². The topological polar surface area (TPSA) is 73.2 Å². The number of carbonyl (C=O) groups is 1. The molecule has 0 unspecified atom stereocenters. The Morgan fingerprint density at radius 3 is 2.88 bits per heavy atom. The minimum atomic E-state index is -0.376. The van der Waals surface area contributed by atoms with Crippen LogP contribution >= 0.6 is 15.9 Å². The van der Waals surface area contributed by atoms with Gasteiger partial charge in [0, 0.05) is 6.54 Å². The molecule has 1 heterocycles. The highest BCUT2D eigenvalue weighted by molar-refractivity contribution is 9.10. The Morgan fingerprint density at radius 2 is 2.29 bits per heavy atom. The van der Waals surface area contributed by atoms with E-state index in [4.69, 9.17) is 4.74 Å². The molecule has 7 heteroatoms. The van der Waals surface area contributed by atoms with Gasteiger partial charge in [0.1, 0.15) is 11.0 Å². The second-order valence-corrected chi connectivity index (χ2v) is 3.94. The lowest BCUT2D eigenvalue weighted by molar-refractivity contribution is -0.140. The molecule has 0 aliphatic carbocycles. The first kappa shape index (κ1) is 13.7. The van der Waals surface area contributed by atoms with Gasteiger partial charge in [-0.25, -0.2) is 4.68 Å². The maximum atomic E-state index is 11.7. The average Bonchev–Trinajstić information content (AvgIpc) is 2.31. The first-order valence-electron chi connectivity index (χ1n) is 5.25. The molecule has 94 valence electrons. The molecule has 17 heavy (non-hydrogen) atoms. The molecule has 6 nitrogen and oxygen atoms in total. The lowest BCUT2D eigenvalue weighted by atomic mass is 10.4. The summed E-state index contributed by atoms with van der Waals surface area (Å²) in [4.78, 5) is 22.8. The van der Waals surface area contributed by atoms with E-state index >= 15 is 0 Å². The summed E-state index contributed by atoms with van der Waals surface area (Å²) in [5.41, 5.74) is 0.245. The van der Waals surface area contributed by atoms with Crippen molar-refractivity contribution in [1.82, 2.24) is 9.78 Å². The van der Waals surface area contributed by atoms with Crippen molar-refractivity contribution in [3.8, 4) is 0 Å². The number of nitrogens with one attached hydrogen (secondary N) is 1. The molecule has 0 aliphatic heterocycles. The van der Waals surface area contributed by atoms with Gasteiger partial charge in [-0.1, -0.05) is 0 Å². The van der Waals surface area contributed by atoms with Gasteiger partial charge in [-0.3, -0.25) is 9.59 Å². The Labute approximate surface area is 107 Å². The highest BCUT2D eigenvalue weighted by Gasteiger charge is 2.09. The van der Waals surface area contributed by atoms with Gasteiger partial charge in [-0.2, -0.15) is 5.10 Å². The SMILES string of the molecule is CCOC(=O)CNc1cnn(CC)c(=O)c1Br. The van der Waals surface area contributed by atoms with Gasteiger partial charge < -0.3 is 10.1 Å². The molecule has 1 N–H and O–H groups in total. The quantitative estimate of drug-likeness (QED) is 0.822. The van der Waals surface area contributed by atoms with Crippen molar-refractivity contribution in [2.75, 3.05) is 18.5 Å². The van der Waals surface area contributed by atoms with E-state index in [2.05, 4.69) is 26.3 Å². The summed E-state index contributed by atoms with van der Waals surface area (Å²) in [5, 5.41) is 6.73. The van der Waals surface area contributed by atoms with Gasteiger partial charge in [0.2, 0.25) is 0 Å². The van der Waals surface area contributed by atoms with Crippen molar-refractivity contribution in [2.24, 2.45) is 0 Å². The summed E-state index contributed by atoms with van der Waals surface area (Å²) in [6.07, 6.45) is 1.49. The molecular weight excluding hydrogens is 290 g/mol. The number of rotatable bonds is 5. The van der Waals surface area contributed by atoms with E-state index in [0.717, 1.165) is 0 Å². The number of ether oxygens (including phenoxy) is 1. The van der Waals surface area contributed by atoms with Crippen LogP contribution in [0.1, 0.15) is 13.8 Å². The van der Waals surface area contributed by atoms with E-state index < -0.39 is 0 Å². The molecule has 1 rings (SSSR count). The van der Waals surface area contributed by atoms with Gasteiger partial charge in [0.05, 0.1) is 18.5 Å². The van der Waals surface area contributed by atoms with Gasteiger partial charge in [0.25, 0.3) is 5.56 Å². The maximum absolute atomic E-state index is 11.7. The number of halogens is 1. The van der Waals surface area contributed by atoms with Gasteiger partial charge >= 0.3 is 5.97 Å². The zero-order chi connectivity index (χ0) is 12.8. The van der Waals surface area contributed by atoms with Crippen molar-refractivity contribution >= 4 is 27.6 Å². The number of hydrogen-bond donors (Lipinski definition) is 1. The fourth-order valence-corrected chi connectivity index (χ4v) is 1.64. The number of aromatic nitrogens is 2. The van der Waals surface area contributed by atoms with Gasteiger partial charge in [-0.15, -0.1) is 0 Å². The van der Waals surface area contributed by atoms with Crippen LogP contribution in [0.4, 0.5) is 5.69 Å². The summed E-state index contributed by atoms with van der Waals surface area (Å²) in [6, 6.07) is 0. The Morgan fingerprint density at radius 1 is 1.59 bits per heavy atom. The zero-order valence-corrected chi connectivity index (χ0v) is 11.3. The smallest absolute Gasteiger partial charge is 0.325 e. The highest BCUT2D eigenvalue weighted by Crippen LogP contribution is 2.15. The summed E-state index contributed by atoms with van der Waals surface area (Å²) in [7, 11) is 0. The Kier molecular flexibility index (Phi) is 5.14. The molecule has 1 aromatic heterocycles. The van der Waals surface area contributed by atoms with Gasteiger partial charge in [0.15, 0.2) is 0 Å². The molecule has 0 saturated heterocycles. The first-order valence-corrected chi connectivity index (χ1v) is 6.04. The molecule has 0 atom stereocenters. The van der Waals surface area contributed by atoms with Crippen LogP contribution in [0.5, 0.6) is 0 Å². The third-order valence-electron chi connectivity index (χ3n) is 2.01. The lowest BCUT2D eigenvalue weighted by Crippen LogP contribution is -2.25. The van der Waals surface area contributed by atoms with E-state index in [9.17, 15) is 9.59 Å². The molecule has 0 radical (unpaired) electrons.